The molecule has 0 heterocycles. The molecule has 0 saturated heterocycles. The van der Waals surface area contributed by atoms with Crippen molar-refractivity contribution in [3.8, 4) is 5.75 Å². The maximum absolute atomic E-state index is 12.0. The van der Waals surface area contributed by atoms with Crippen molar-refractivity contribution >= 4 is 46.6 Å². The zero-order valence-electron chi connectivity index (χ0n) is 7.61. The molecule has 0 aliphatic rings. The van der Waals surface area contributed by atoms with Crippen LogP contribution in [0, 0.1) is 0 Å². The second-order valence-electron chi connectivity index (χ2n) is 2.58. The standard InChI is InChI=1S/C8HCl3F3NO2/c9-3-1-4(17-8(12,13)14)5(10)6(11)7(3)15-2-16/h1H. The van der Waals surface area contributed by atoms with Gasteiger partial charge in [-0.15, -0.1) is 13.2 Å². The highest BCUT2D eigenvalue weighted by atomic mass is 35.5. The average Bonchev–Trinajstić information content (AvgIpc) is 2.19. The largest absolute Gasteiger partial charge is 0.573 e. The lowest BCUT2D eigenvalue weighted by Crippen LogP contribution is -2.17. The van der Waals surface area contributed by atoms with Crippen molar-refractivity contribution in [3.05, 3.63) is 21.1 Å². The number of isocyanates is 1. The average molecular weight is 306 g/mol. The summed E-state index contributed by atoms with van der Waals surface area (Å²) < 4.78 is 39.5. The van der Waals surface area contributed by atoms with E-state index in [1.54, 1.807) is 0 Å². The first-order valence-corrected chi connectivity index (χ1v) is 4.90. The normalized spacial score (nSPS) is 10.9. The van der Waals surface area contributed by atoms with E-state index in [0.717, 1.165) is 12.1 Å². The highest BCUT2D eigenvalue weighted by molar-refractivity contribution is 6.46. The molecule has 1 rings (SSSR count). The second kappa shape index (κ2) is 5.14. The lowest BCUT2D eigenvalue weighted by Gasteiger charge is -2.12. The van der Waals surface area contributed by atoms with Crippen LogP contribution in [0.2, 0.25) is 15.1 Å². The van der Waals surface area contributed by atoms with Gasteiger partial charge in [-0.1, -0.05) is 34.8 Å². The number of hydrogen-bond acceptors (Lipinski definition) is 3. The number of alkyl halides is 3. The van der Waals surface area contributed by atoms with Crippen molar-refractivity contribution in [2.45, 2.75) is 6.36 Å². The minimum absolute atomic E-state index is 0.275. The van der Waals surface area contributed by atoms with E-state index in [2.05, 4.69) is 9.73 Å². The van der Waals surface area contributed by atoms with Crippen molar-refractivity contribution in [3.63, 3.8) is 0 Å². The summed E-state index contributed by atoms with van der Waals surface area (Å²) in [6, 6.07) is 0.749. The first kappa shape index (κ1) is 14.1. The van der Waals surface area contributed by atoms with Gasteiger partial charge in [0, 0.05) is 6.07 Å². The number of ether oxygens (including phenoxy) is 1. The lowest BCUT2D eigenvalue weighted by molar-refractivity contribution is -0.274. The number of hydrogen-bond donors (Lipinski definition) is 0. The molecule has 92 valence electrons. The van der Waals surface area contributed by atoms with Crippen LogP contribution in [0.1, 0.15) is 0 Å². The van der Waals surface area contributed by atoms with Crippen molar-refractivity contribution in [2.75, 3.05) is 0 Å². The number of carbonyl (C=O) groups excluding carboxylic acids is 1. The SMILES string of the molecule is O=C=Nc1c(Cl)cc(OC(F)(F)F)c(Cl)c1Cl. The molecule has 0 aromatic heterocycles. The van der Waals surface area contributed by atoms with Gasteiger partial charge in [0.25, 0.3) is 0 Å². The van der Waals surface area contributed by atoms with Crippen LogP contribution in [-0.2, 0) is 4.79 Å². The smallest absolute Gasteiger partial charge is 0.404 e. The van der Waals surface area contributed by atoms with Crippen LogP contribution in [0.15, 0.2) is 11.1 Å². The molecular formula is C8HCl3F3NO2. The summed E-state index contributed by atoms with van der Waals surface area (Å²) >= 11 is 16.6. The molecule has 17 heavy (non-hydrogen) atoms. The van der Waals surface area contributed by atoms with E-state index in [-0.39, 0.29) is 10.7 Å². The first-order chi connectivity index (χ1) is 7.76. The Morgan fingerprint density at radius 2 is 1.82 bits per heavy atom. The molecule has 0 bridgehead atoms. The number of halogens is 6. The van der Waals surface area contributed by atoms with Crippen LogP contribution in [0.3, 0.4) is 0 Å². The van der Waals surface area contributed by atoms with Gasteiger partial charge in [-0.3, -0.25) is 0 Å². The van der Waals surface area contributed by atoms with Gasteiger partial charge in [-0.2, -0.15) is 4.99 Å². The molecule has 0 saturated carbocycles. The fraction of sp³-hybridized carbons (Fsp3) is 0.125. The molecule has 0 radical (unpaired) electrons. The Kier molecular flexibility index (Phi) is 4.27. The third kappa shape index (κ3) is 3.51. The van der Waals surface area contributed by atoms with Crippen LogP contribution in [0.5, 0.6) is 5.75 Å². The maximum Gasteiger partial charge on any atom is 0.573 e. The van der Waals surface area contributed by atoms with Gasteiger partial charge in [-0.25, -0.2) is 4.79 Å². The Labute approximate surface area is 108 Å². The second-order valence-corrected chi connectivity index (χ2v) is 3.75. The van der Waals surface area contributed by atoms with Crippen LogP contribution < -0.4 is 4.74 Å². The minimum Gasteiger partial charge on any atom is -0.404 e. The van der Waals surface area contributed by atoms with Gasteiger partial charge >= 0.3 is 6.36 Å². The highest BCUT2D eigenvalue weighted by Gasteiger charge is 2.33. The van der Waals surface area contributed by atoms with Crippen LogP contribution in [-0.4, -0.2) is 12.4 Å². The molecule has 1 aromatic rings. The van der Waals surface area contributed by atoms with E-state index >= 15 is 0 Å². The molecule has 0 aliphatic heterocycles. The van der Waals surface area contributed by atoms with Gasteiger partial charge in [0.15, 0.2) is 5.75 Å². The van der Waals surface area contributed by atoms with Crippen molar-refractivity contribution in [1.29, 1.82) is 0 Å². The number of benzene rings is 1. The summed E-state index contributed by atoms with van der Waals surface area (Å²) in [6.07, 6.45) is -3.79. The Balaban J connectivity index is 3.34. The van der Waals surface area contributed by atoms with Crippen molar-refractivity contribution in [1.82, 2.24) is 0 Å². The van der Waals surface area contributed by atoms with E-state index in [4.69, 9.17) is 34.8 Å². The van der Waals surface area contributed by atoms with Gasteiger partial charge in [0.1, 0.15) is 10.7 Å². The van der Waals surface area contributed by atoms with Gasteiger partial charge in [-0.05, 0) is 0 Å². The molecule has 0 spiro atoms. The molecule has 0 amide bonds. The van der Waals surface area contributed by atoms with E-state index in [1.807, 2.05) is 0 Å². The number of rotatable bonds is 2. The van der Waals surface area contributed by atoms with Gasteiger partial charge < -0.3 is 4.74 Å². The summed E-state index contributed by atoms with van der Waals surface area (Å²) in [5.41, 5.74) is -0.275. The Bertz CT molecular complexity index is 498. The zero-order chi connectivity index (χ0) is 13.2. The predicted molar refractivity (Wildman–Crippen MR) is 55.9 cm³/mol. The van der Waals surface area contributed by atoms with E-state index < -0.39 is 22.2 Å². The maximum atomic E-state index is 12.0. The molecular weight excluding hydrogens is 305 g/mol. The Hall–Kier alpha value is -0.940. The van der Waals surface area contributed by atoms with E-state index in [0.29, 0.717) is 0 Å². The quantitative estimate of drug-likeness (QED) is 0.458. The summed E-state index contributed by atoms with van der Waals surface area (Å²) in [5.74, 6) is -0.779. The van der Waals surface area contributed by atoms with Crippen LogP contribution in [0.4, 0.5) is 18.9 Å². The summed E-state index contributed by atoms with van der Waals surface area (Å²) in [4.78, 5) is 13.2. The number of nitrogens with zero attached hydrogens (tertiary/aromatic N) is 1. The van der Waals surface area contributed by atoms with Crippen molar-refractivity contribution in [2.24, 2.45) is 4.99 Å². The molecule has 0 aliphatic carbocycles. The fourth-order valence-corrected chi connectivity index (χ4v) is 1.61. The molecule has 0 fully saturated rings. The molecule has 9 heteroatoms. The fourth-order valence-electron chi connectivity index (χ4n) is 0.911. The molecule has 1 aromatic carbocycles. The molecule has 0 atom stereocenters. The van der Waals surface area contributed by atoms with Crippen molar-refractivity contribution < 1.29 is 22.7 Å². The minimum atomic E-state index is -4.94. The molecule has 0 N–H and O–H groups in total. The van der Waals surface area contributed by atoms with Gasteiger partial charge in [0.2, 0.25) is 6.08 Å². The zero-order valence-corrected chi connectivity index (χ0v) is 9.88. The summed E-state index contributed by atoms with van der Waals surface area (Å²) in [6.45, 7) is 0. The highest BCUT2D eigenvalue weighted by Crippen LogP contribution is 2.45. The Morgan fingerprint density at radius 3 is 2.29 bits per heavy atom. The Morgan fingerprint density at radius 1 is 1.24 bits per heavy atom. The summed E-state index contributed by atoms with van der Waals surface area (Å²) in [5, 5.41) is -1.30. The van der Waals surface area contributed by atoms with Crippen LogP contribution in [0.25, 0.3) is 0 Å². The third-order valence-corrected chi connectivity index (χ3v) is 2.61. The first-order valence-electron chi connectivity index (χ1n) is 3.77. The van der Waals surface area contributed by atoms with E-state index in [1.165, 1.54) is 0 Å². The monoisotopic (exact) mass is 305 g/mol. The molecule has 0 unspecified atom stereocenters. The molecule has 3 nitrogen and oxygen atoms in total. The topological polar surface area (TPSA) is 38.7 Å². The lowest BCUT2D eigenvalue weighted by atomic mass is 10.3. The summed E-state index contributed by atoms with van der Waals surface area (Å²) in [7, 11) is 0. The van der Waals surface area contributed by atoms with Gasteiger partial charge in [0.05, 0.1) is 10.0 Å². The van der Waals surface area contributed by atoms with E-state index in [9.17, 15) is 18.0 Å². The predicted octanol–water partition coefficient (Wildman–Crippen LogP) is 4.51. The van der Waals surface area contributed by atoms with Crippen LogP contribution >= 0.6 is 34.8 Å². The third-order valence-electron chi connectivity index (χ3n) is 1.48. The number of aliphatic imine (C=N–C) groups is 1.